The highest BCUT2D eigenvalue weighted by molar-refractivity contribution is 6.74. The number of Topliss-reactive ketones (excluding diaryl/α,β-unsaturated/α-hetero) is 1. The average molecular weight is 282 g/mol. The van der Waals surface area contributed by atoms with Crippen molar-refractivity contribution in [2.75, 3.05) is 0 Å². The normalized spacial score (nSPS) is 48.6. The Labute approximate surface area is 116 Å². The summed E-state index contributed by atoms with van der Waals surface area (Å²) < 4.78 is 6.46. The maximum atomic E-state index is 12.0. The van der Waals surface area contributed by atoms with Gasteiger partial charge in [0.25, 0.3) is 0 Å². The number of rotatable bonds is 2. The third-order valence-electron chi connectivity index (χ3n) is 6.49. The predicted octanol–water partition coefficient (Wildman–Crippen LogP) is 2.59. The van der Waals surface area contributed by atoms with E-state index < -0.39 is 14.4 Å². The lowest BCUT2D eigenvalue weighted by Crippen LogP contribution is -2.48. The smallest absolute Gasteiger partial charge is 0.192 e. The van der Waals surface area contributed by atoms with Gasteiger partial charge in [-0.25, -0.2) is 0 Å². The Morgan fingerprint density at radius 1 is 1.37 bits per heavy atom. The molecule has 0 aromatic carbocycles. The number of aliphatic hydroxyl groups excluding tert-OH is 1. The summed E-state index contributed by atoms with van der Waals surface area (Å²) in [5.74, 6) is 1.15. The molecule has 3 aliphatic rings. The lowest BCUT2D eigenvalue weighted by Gasteiger charge is -2.41. The molecule has 3 aliphatic carbocycles. The van der Waals surface area contributed by atoms with Crippen molar-refractivity contribution < 1.29 is 14.3 Å². The van der Waals surface area contributed by atoms with Crippen LogP contribution in [0.5, 0.6) is 0 Å². The average Bonchev–Trinajstić information content (AvgIpc) is 2.65. The van der Waals surface area contributed by atoms with Crippen LogP contribution in [0.15, 0.2) is 0 Å². The zero-order valence-electron chi connectivity index (χ0n) is 12.9. The largest absolute Gasteiger partial charge is 0.411 e. The Hall–Kier alpha value is -0.193. The molecule has 0 aromatic heterocycles. The maximum Gasteiger partial charge on any atom is 0.192 e. The SMILES string of the molecule is CC(C)(C)[Si](C)(C)O[C@H]1[C@@H]2CC(=O)[C@H]3[C@@H]2[C@@]3(C)[C@@H]1O. The lowest BCUT2D eigenvalue weighted by atomic mass is 9.98. The quantitative estimate of drug-likeness (QED) is 0.792. The van der Waals surface area contributed by atoms with Crippen LogP contribution in [-0.2, 0) is 9.22 Å². The van der Waals surface area contributed by atoms with Crippen molar-refractivity contribution >= 4 is 14.1 Å². The summed E-state index contributed by atoms with van der Waals surface area (Å²) in [6, 6.07) is 0. The fourth-order valence-electron chi connectivity index (χ4n) is 4.27. The van der Waals surface area contributed by atoms with Gasteiger partial charge in [-0.15, -0.1) is 0 Å². The summed E-state index contributed by atoms with van der Waals surface area (Å²) in [6.45, 7) is 13.2. The van der Waals surface area contributed by atoms with Crippen LogP contribution in [0.3, 0.4) is 0 Å². The Balaban J connectivity index is 1.83. The van der Waals surface area contributed by atoms with E-state index in [9.17, 15) is 9.90 Å². The molecular formula is C15H26O3Si. The Bertz CT molecular complexity index is 439. The molecule has 3 fully saturated rings. The molecule has 4 heteroatoms. The molecule has 0 saturated heterocycles. The molecule has 1 N–H and O–H groups in total. The van der Waals surface area contributed by atoms with Crippen LogP contribution in [0.25, 0.3) is 0 Å². The summed E-state index contributed by atoms with van der Waals surface area (Å²) in [5.41, 5.74) is -0.174. The first kappa shape index (κ1) is 13.8. The number of aliphatic hydroxyl groups is 1. The number of carbonyl (C=O) groups excluding carboxylic acids is 1. The Morgan fingerprint density at radius 3 is 2.42 bits per heavy atom. The van der Waals surface area contributed by atoms with Crippen LogP contribution < -0.4 is 0 Å². The van der Waals surface area contributed by atoms with Gasteiger partial charge in [0.1, 0.15) is 5.78 Å². The van der Waals surface area contributed by atoms with Gasteiger partial charge in [0, 0.05) is 17.8 Å². The summed E-state index contributed by atoms with van der Waals surface area (Å²) in [5, 5.41) is 10.8. The molecule has 19 heavy (non-hydrogen) atoms. The molecule has 3 saturated carbocycles. The molecule has 0 aliphatic heterocycles. The molecule has 108 valence electrons. The lowest BCUT2D eigenvalue weighted by molar-refractivity contribution is -0.120. The molecule has 0 spiro atoms. The summed E-state index contributed by atoms with van der Waals surface area (Å²) in [6.07, 6.45) is 0.0630. The van der Waals surface area contributed by atoms with Crippen molar-refractivity contribution in [3.8, 4) is 0 Å². The van der Waals surface area contributed by atoms with Gasteiger partial charge in [-0.1, -0.05) is 27.7 Å². The van der Waals surface area contributed by atoms with Crippen molar-refractivity contribution in [2.24, 2.45) is 23.2 Å². The van der Waals surface area contributed by atoms with E-state index >= 15 is 0 Å². The van der Waals surface area contributed by atoms with Gasteiger partial charge < -0.3 is 9.53 Å². The monoisotopic (exact) mass is 282 g/mol. The van der Waals surface area contributed by atoms with Crippen molar-refractivity contribution in [3.05, 3.63) is 0 Å². The molecule has 0 unspecified atom stereocenters. The van der Waals surface area contributed by atoms with Gasteiger partial charge in [-0.3, -0.25) is 4.79 Å². The molecule has 0 amide bonds. The molecule has 0 heterocycles. The molecule has 0 aromatic rings. The molecule has 6 atom stereocenters. The van der Waals surface area contributed by atoms with Crippen LogP contribution in [0.1, 0.15) is 34.1 Å². The van der Waals surface area contributed by atoms with Crippen LogP contribution >= 0.6 is 0 Å². The van der Waals surface area contributed by atoms with Gasteiger partial charge in [0.2, 0.25) is 0 Å². The van der Waals surface area contributed by atoms with Gasteiger partial charge >= 0.3 is 0 Å². The van der Waals surface area contributed by atoms with Crippen LogP contribution in [0.2, 0.25) is 18.1 Å². The second-order valence-corrected chi connectivity index (χ2v) is 13.2. The number of hydrogen-bond donors (Lipinski definition) is 1. The highest BCUT2D eigenvalue weighted by Crippen LogP contribution is 2.76. The number of fused-ring (bicyclic) bond motifs is 1. The first-order valence-corrected chi connectivity index (χ1v) is 10.3. The number of ketones is 1. The Kier molecular flexibility index (Phi) is 2.55. The minimum Gasteiger partial charge on any atom is -0.411 e. The van der Waals surface area contributed by atoms with Crippen molar-refractivity contribution in [3.63, 3.8) is 0 Å². The summed E-state index contributed by atoms with van der Waals surface area (Å²) in [4.78, 5) is 12.0. The molecular weight excluding hydrogens is 256 g/mol. The number of carbonyl (C=O) groups is 1. The Morgan fingerprint density at radius 2 is 1.95 bits per heavy atom. The number of hydrogen-bond acceptors (Lipinski definition) is 3. The van der Waals surface area contributed by atoms with Crippen molar-refractivity contribution in [2.45, 2.75) is 64.5 Å². The third-order valence-corrected chi connectivity index (χ3v) is 11.0. The molecule has 0 radical (unpaired) electrons. The summed E-state index contributed by atoms with van der Waals surface area (Å²) in [7, 11) is -1.89. The highest BCUT2D eigenvalue weighted by Gasteiger charge is 2.81. The van der Waals surface area contributed by atoms with Gasteiger partial charge in [-0.2, -0.15) is 0 Å². The molecule has 3 rings (SSSR count). The van der Waals surface area contributed by atoms with Crippen LogP contribution in [-0.4, -0.2) is 31.4 Å². The zero-order chi connectivity index (χ0) is 14.4. The second kappa shape index (κ2) is 3.52. The van der Waals surface area contributed by atoms with E-state index in [-0.39, 0.29) is 28.4 Å². The third kappa shape index (κ3) is 1.54. The zero-order valence-corrected chi connectivity index (χ0v) is 13.9. The van der Waals surface area contributed by atoms with Crippen molar-refractivity contribution in [1.82, 2.24) is 0 Å². The highest BCUT2D eigenvalue weighted by atomic mass is 28.4. The van der Waals surface area contributed by atoms with Gasteiger partial charge in [0.05, 0.1) is 12.2 Å². The van der Waals surface area contributed by atoms with E-state index in [1.807, 2.05) is 0 Å². The van der Waals surface area contributed by atoms with Crippen molar-refractivity contribution in [1.29, 1.82) is 0 Å². The van der Waals surface area contributed by atoms with E-state index in [0.717, 1.165) is 0 Å². The fourth-order valence-corrected chi connectivity index (χ4v) is 5.60. The first-order valence-electron chi connectivity index (χ1n) is 7.40. The minimum atomic E-state index is -1.89. The van der Waals surface area contributed by atoms with E-state index in [4.69, 9.17) is 4.43 Å². The molecule has 0 bridgehead atoms. The van der Waals surface area contributed by atoms with Gasteiger partial charge in [0.15, 0.2) is 8.32 Å². The standard InChI is InChI=1S/C15H26O3Si/c1-14(2,3)19(5,6)18-12-8-7-9(16)11-10(8)15(11,4)13(12)17/h8,10-13,17H,7H2,1-6H3/t8-,10-,11+,12+,13-,15-/m1/s1. The maximum absolute atomic E-state index is 12.0. The predicted molar refractivity (Wildman–Crippen MR) is 76.3 cm³/mol. The van der Waals surface area contributed by atoms with E-state index in [0.29, 0.717) is 18.1 Å². The van der Waals surface area contributed by atoms with E-state index in [1.54, 1.807) is 0 Å². The van der Waals surface area contributed by atoms with Crippen LogP contribution in [0, 0.1) is 23.2 Å². The first-order chi connectivity index (χ1) is 8.52. The molecule has 3 nitrogen and oxygen atoms in total. The van der Waals surface area contributed by atoms with E-state index in [2.05, 4.69) is 40.8 Å². The fraction of sp³-hybridized carbons (Fsp3) is 0.933. The van der Waals surface area contributed by atoms with Gasteiger partial charge in [-0.05, 0) is 30.0 Å². The second-order valence-electron chi connectivity index (χ2n) is 8.49. The topological polar surface area (TPSA) is 46.5 Å². The van der Waals surface area contributed by atoms with E-state index in [1.165, 1.54) is 0 Å². The minimum absolute atomic E-state index is 0.112. The van der Waals surface area contributed by atoms with Crippen LogP contribution in [0.4, 0.5) is 0 Å². The summed E-state index contributed by atoms with van der Waals surface area (Å²) >= 11 is 0.